The zero-order valence-corrected chi connectivity index (χ0v) is 16.2. The Balaban J connectivity index is 1.73. The lowest BCUT2D eigenvalue weighted by atomic mass is 9.82. The summed E-state index contributed by atoms with van der Waals surface area (Å²) in [6, 6.07) is 2.32. The summed E-state index contributed by atoms with van der Waals surface area (Å²) in [6.07, 6.45) is 0.910. The maximum Gasteiger partial charge on any atom is 0.243 e. The van der Waals surface area contributed by atoms with E-state index in [-0.39, 0.29) is 12.0 Å². The van der Waals surface area contributed by atoms with Crippen LogP contribution in [0.5, 0.6) is 0 Å². The molecule has 0 bridgehead atoms. The number of hydrogen-bond donors (Lipinski definition) is 1. The van der Waals surface area contributed by atoms with Crippen LogP contribution in [0.3, 0.4) is 0 Å². The second-order valence-corrected chi connectivity index (χ2v) is 9.29. The fourth-order valence-electron chi connectivity index (χ4n) is 4.07. The second-order valence-electron chi connectivity index (χ2n) is 8.16. The van der Waals surface area contributed by atoms with Crippen LogP contribution in [0.4, 0.5) is 8.78 Å². The third-order valence-electron chi connectivity index (χ3n) is 5.44. The molecule has 0 amide bonds. The average molecular weight is 374 g/mol. The molecule has 3 rings (SSSR count). The lowest BCUT2D eigenvalue weighted by Gasteiger charge is -2.47. The van der Waals surface area contributed by atoms with Crippen molar-refractivity contribution in [3.05, 3.63) is 21.4 Å². The standard InChI is InChI=1S/C19H29F2NO2S/c1-13-12-19(6-8-22(13)7-5-18(2,3)23)17-14(4-9-24-19)10-15(25-17)11-16(20)21/h10,13,16,23H,4-9,11-12H2,1-3H3/t13-,19+/m0/s1. The first-order chi connectivity index (χ1) is 11.7. The first-order valence-electron chi connectivity index (χ1n) is 9.19. The van der Waals surface area contributed by atoms with Crippen molar-refractivity contribution in [2.45, 2.75) is 76.5 Å². The van der Waals surface area contributed by atoms with Gasteiger partial charge in [0.25, 0.3) is 0 Å². The fourth-order valence-corrected chi connectivity index (χ4v) is 5.47. The van der Waals surface area contributed by atoms with Crippen LogP contribution >= 0.6 is 11.3 Å². The predicted molar refractivity (Wildman–Crippen MR) is 96.5 cm³/mol. The number of ether oxygens (including phenoxy) is 1. The molecule has 3 heterocycles. The highest BCUT2D eigenvalue weighted by Gasteiger charge is 2.44. The molecule has 6 heteroatoms. The zero-order valence-electron chi connectivity index (χ0n) is 15.4. The van der Waals surface area contributed by atoms with Gasteiger partial charge in [-0.05, 0) is 58.1 Å². The monoisotopic (exact) mass is 373 g/mol. The summed E-state index contributed by atoms with van der Waals surface area (Å²) in [5.74, 6) is 0. The summed E-state index contributed by atoms with van der Waals surface area (Å²) in [5.41, 5.74) is 0.258. The molecule has 1 aromatic heterocycles. The summed E-state index contributed by atoms with van der Waals surface area (Å²) in [4.78, 5) is 4.37. The number of thiophene rings is 1. The molecule has 0 radical (unpaired) electrons. The number of aliphatic hydroxyl groups is 1. The minimum atomic E-state index is -2.29. The van der Waals surface area contributed by atoms with Crippen molar-refractivity contribution in [3.63, 3.8) is 0 Å². The molecule has 1 N–H and O–H groups in total. The molecule has 0 aromatic carbocycles. The first-order valence-corrected chi connectivity index (χ1v) is 10.0. The van der Waals surface area contributed by atoms with E-state index in [0.717, 1.165) is 43.6 Å². The minimum absolute atomic E-state index is 0.152. The van der Waals surface area contributed by atoms with Gasteiger partial charge in [0.1, 0.15) is 5.60 Å². The van der Waals surface area contributed by atoms with Crippen LogP contribution in [-0.4, -0.2) is 47.8 Å². The normalized spacial score (nSPS) is 27.9. The molecule has 0 saturated carbocycles. The van der Waals surface area contributed by atoms with E-state index in [1.807, 2.05) is 19.9 Å². The van der Waals surface area contributed by atoms with Crippen molar-refractivity contribution >= 4 is 11.3 Å². The van der Waals surface area contributed by atoms with E-state index >= 15 is 0 Å². The largest absolute Gasteiger partial charge is 0.390 e. The van der Waals surface area contributed by atoms with Gasteiger partial charge < -0.3 is 14.7 Å². The first kappa shape index (κ1) is 19.2. The van der Waals surface area contributed by atoms with E-state index in [9.17, 15) is 13.9 Å². The van der Waals surface area contributed by atoms with Crippen molar-refractivity contribution in [1.29, 1.82) is 0 Å². The number of fused-ring (bicyclic) bond motifs is 2. The Kier molecular flexibility index (Phi) is 5.55. The smallest absolute Gasteiger partial charge is 0.243 e. The molecule has 2 aliphatic rings. The van der Waals surface area contributed by atoms with E-state index in [0.29, 0.717) is 12.6 Å². The summed E-state index contributed by atoms with van der Waals surface area (Å²) in [7, 11) is 0. The maximum atomic E-state index is 12.8. The molecule has 2 atom stereocenters. The lowest BCUT2D eigenvalue weighted by molar-refractivity contribution is -0.110. The van der Waals surface area contributed by atoms with Crippen molar-refractivity contribution < 1.29 is 18.6 Å². The van der Waals surface area contributed by atoms with Crippen molar-refractivity contribution in [1.82, 2.24) is 4.90 Å². The van der Waals surface area contributed by atoms with E-state index in [1.54, 1.807) is 0 Å². The number of rotatable bonds is 5. The fraction of sp³-hybridized carbons (Fsp3) is 0.789. The van der Waals surface area contributed by atoms with Crippen LogP contribution < -0.4 is 0 Å². The molecule has 1 saturated heterocycles. The van der Waals surface area contributed by atoms with Crippen LogP contribution in [0.2, 0.25) is 0 Å². The third kappa shape index (κ3) is 4.41. The molecular formula is C19H29F2NO2S. The molecule has 1 spiro atoms. The zero-order chi connectivity index (χ0) is 18.2. The predicted octanol–water partition coefficient (Wildman–Crippen LogP) is 3.97. The van der Waals surface area contributed by atoms with Crippen LogP contribution in [0, 0.1) is 0 Å². The Morgan fingerprint density at radius 2 is 2.24 bits per heavy atom. The van der Waals surface area contributed by atoms with Gasteiger partial charge in [-0.2, -0.15) is 0 Å². The molecule has 3 nitrogen and oxygen atoms in total. The van der Waals surface area contributed by atoms with Gasteiger partial charge >= 0.3 is 0 Å². The molecular weight excluding hydrogens is 344 g/mol. The highest BCUT2D eigenvalue weighted by atomic mass is 32.1. The van der Waals surface area contributed by atoms with Gasteiger partial charge in [-0.3, -0.25) is 0 Å². The van der Waals surface area contributed by atoms with Gasteiger partial charge in [-0.1, -0.05) is 0 Å². The van der Waals surface area contributed by atoms with Gasteiger partial charge in [0.05, 0.1) is 12.2 Å². The van der Waals surface area contributed by atoms with E-state index in [2.05, 4.69) is 11.8 Å². The van der Waals surface area contributed by atoms with Gasteiger partial charge in [0.2, 0.25) is 6.43 Å². The Morgan fingerprint density at radius 1 is 1.48 bits per heavy atom. The van der Waals surface area contributed by atoms with Crippen molar-refractivity contribution in [3.8, 4) is 0 Å². The van der Waals surface area contributed by atoms with Crippen molar-refractivity contribution in [2.75, 3.05) is 19.7 Å². The second kappa shape index (κ2) is 7.22. The van der Waals surface area contributed by atoms with Gasteiger partial charge in [0, 0.05) is 35.3 Å². The van der Waals surface area contributed by atoms with Crippen LogP contribution in [-0.2, 0) is 23.2 Å². The number of hydrogen-bond acceptors (Lipinski definition) is 4. The van der Waals surface area contributed by atoms with Gasteiger partial charge in [0.15, 0.2) is 0 Å². The topological polar surface area (TPSA) is 32.7 Å². The number of halogens is 2. The molecule has 25 heavy (non-hydrogen) atoms. The SMILES string of the molecule is C[C@H]1C[C@@]2(CCN1CCC(C)(C)O)OCCc1cc(CC(F)F)sc12. The van der Waals surface area contributed by atoms with E-state index in [4.69, 9.17) is 4.74 Å². The molecule has 1 fully saturated rings. The summed E-state index contributed by atoms with van der Waals surface area (Å²) < 4.78 is 31.8. The number of likely N-dealkylation sites (tertiary alicyclic amines) is 1. The third-order valence-corrected chi connectivity index (χ3v) is 6.83. The highest BCUT2D eigenvalue weighted by Crippen LogP contribution is 2.47. The molecule has 1 aromatic rings. The average Bonchev–Trinajstić information content (AvgIpc) is 2.89. The van der Waals surface area contributed by atoms with E-state index < -0.39 is 12.0 Å². The minimum Gasteiger partial charge on any atom is -0.390 e. The molecule has 142 valence electrons. The molecule has 0 unspecified atom stereocenters. The number of alkyl halides is 2. The summed E-state index contributed by atoms with van der Waals surface area (Å²) in [5, 5.41) is 9.97. The number of piperidine rings is 1. The maximum absolute atomic E-state index is 12.8. The van der Waals surface area contributed by atoms with Crippen LogP contribution in [0.25, 0.3) is 0 Å². The van der Waals surface area contributed by atoms with Gasteiger partial charge in [-0.15, -0.1) is 11.3 Å². The Bertz CT molecular complexity index is 599. The summed E-state index contributed by atoms with van der Waals surface area (Å²) >= 11 is 1.53. The highest BCUT2D eigenvalue weighted by molar-refractivity contribution is 7.12. The summed E-state index contributed by atoms with van der Waals surface area (Å²) in [6.45, 7) is 8.35. The van der Waals surface area contributed by atoms with Crippen molar-refractivity contribution in [2.24, 2.45) is 0 Å². The van der Waals surface area contributed by atoms with Crippen LogP contribution in [0.15, 0.2) is 6.07 Å². The number of nitrogens with zero attached hydrogens (tertiary/aromatic N) is 1. The van der Waals surface area contributed by atoms with Crippen LogP contribution in [0.1, 0.15) is 55.4 Å². The molecule has 0 aliphatic carbocycles. The Labute approximate surface area is 153 Å². The van der Waals surface area contributed by atoms with E-state index in [1.165, 1.54) is 21.8 Å². The quantitative estimate of drug-likeness (QED) is 0.848. The lowest BCUT2D eigenvalue weighted by Crippen LogP contribution is -2.51. The molecule has 2 aliphatic heterocycles. The van der Waals surface area contributed by atoms with Gasteiger partial charge in [-0.25, -0.2) is 8.78 Å². The Hall–Kier alpha value is -0.560. The Morgan fingerprint density at radius 3 is 2.88 bits per heavy atom.